The van der Waals surface area contributed by atoms with Crippen LogP contribution in [0.5, 0.6) is 0 Å². The topological polar surface area (TPSA) is 78.8 Å². The van der Waals surface area contributed by atoms with Crippen molar-refractivity contribution in [1.82, 2.24) is 0 Å². The van der Waals surface area contributed by atoms with E-state index in [1.54, 1.807) is 18.2 Å². The van der Waals surface area contributed by atoms with Crippen LogP contribution in [0.4, 0.5) is 5.69 Å². The van der Waals surface area contributed by atoms with Gasteiger partial charge in [0.05, 0.1) is 11.3 Å². The number of carbonyl (C=O) groups is 2. The number of hydrogen-bond donors (Lipinski definition) is 2. The summed E-state index contributed by atoms with van der Waals surface area (Å²) in [4.78, 5) is 23.7. The summed E-state index contributed by atoms with van der Waals surface area (Å²) in [6.45, 7) is 0. The first-order chi connectivity index (χ1) is 12.0. The highest BCUT2D eigenvalue weighted by Gasteiger charge is 2.18. The van der Waals surface area contributed by atoms with Crippen molar-refractivity contribution >= 4 is 44.2 Å². The molecule has 1 heterocycles. The van der Waals surface area contributed by atoms with Crippen molar-refractivity contribution in [2.45, 2.75) is 5.75 Å². The fraction of sp³-hybridized carbons (Fsp3) is 0.111. The molecule has 2 aromatic carbocycles. The van der Waals surface area contributed by atoms with Crippen LogP contribution in [0.3, 0.4) is 0 Å². The molecule has 7 heteroatoms. The predicted octanol–water partition coefficient (Wildman–Crippen LogP) is 3.99. The summed E-state index contributed by atoms with van der Waals surface area (Å²) in [5, 5.41) is 11.9. The summed E-state index contributed by atoms with van der Waals surface area (Å²) < 4.78 is 5.13. The van der Waals surface area contributed by atoms with E-state index in [9.17, 15) is 14.7 Å². The minimum atomic E-state index is -1.10. The molecule has 0 radical (unpaired) electrons. The predicted molar refractivity (Wildman–Crippen MR) is 103 cm³/mol. The van der Waals surface area contributed by atoms with E-state index in [4.69, 9.17) is 0 Å². The SMILES string of the molecule is O=C(Nc1ccc(Br)cc1C(=O)O)C1=CCS(Cc2ccccc2)=N1. The van der Waals surface area contributed by atoms with Gasteiger partial charge in [-0.05, 0) is 29.8 Å². The van der Waals surface area contributed by atoms with Gasteiger partial charge in [-0.3, -0.25) is 4.79 Å². The van der Waals surface area contributed by atoms with Gasteiger partial charge in [0.1, 0.15) is 5.70 Å². The fourth-order valence-corrected chi connectivity index (χ4v) is 4.35. The van der Waals surface area contributed by atoms with Gasteiger partial charge in [0.25, 0.3) is 5.91 Å². The summed E-state index contributed by atoms with van der Waals surface area (Å²) in [6.07, 6.45) is 1.81. The lowest BCUT2D eigenvalue weighted by Crippen LogP contribution is -2.15. The van der Waals surface area contributed by atoms with E-state index in [0.717, 1.165) is 11.5 Å². The minimum absolute atomic E-state index is 0.0320. The maximum absolute atomic E-state index is 12.4. The number of rotatable bonds is 5. The van der Waals surface area contributed by atoms with Crippen LogP contribution in [0.15, 0.2) is 69.1 Å². The van der Waals surface area contributed by atoms with E-state index in [0.29, 0.717) is 10.2 Å². The number of amides is 1. The average Bonchev–Trinajstić information content (AvgIpc) is 3.06. The van der Waals surface area contributed by atoms with Crippen LogP contribution in [0.2, 0.25) is 0 Å². The molecule has 1 aliphatic heterocycles. The van der Waals surface area contributed by atoms with E-state index >= 15 is 0 Å². The number of carbonyl (C=O) groups excluding carboxylic acids is 1. The van der Waals surface area contributed by atoms with Crippen molar-refractivity contribution in [3.05, 3.63) is 75.9 Å². The zero-order valence-electron chi connectivity index (χ0n) is 13.1. The molecule has 0 fully saturated rings. The van der Waals surface area contributed by atoms with Crippen molar-refractivity contribution in [3.8, 4) is 0 Å². The van der Waals surface area contributed by atoms with Gasteiger partial charge in [-0.25, -0.2) is 9.16 Å². The van der Waals surface area contributed by atoms with Crippen LogP contribution in [0.25, 0.3) is 0 Å². The molecule has 1 unspecified atom stereocenters. The standard InChI is InChI=1S/C18H15BrN2O3S/c19-13-6-7-15(14(10-13)18(23)24)20-17(22)16-8-9-25(21-16)11-12-4-2-1-3-5-12/h1-8,10H,9,11H2,(H,20,22)(H,23,24). The number of anilines is 1. The summed E-state index contributed by atoms with van der Waals surface area (Å²) >= 11 is 3.23. The van der Waals surface area contributed by atoms with Crippen LogP contribution < -0.4 is 5.32 Å². The monoisotopic (exact) mass is 418 g/mol. The molecular formula is C18H15BrN2O3S. The molecule has 0 aliphatic carbocycles. The first-order valence-electron chi connectivity index (χ1n) is 7.50. The van der Waals surface area contributed by atoms with E-state index in [-0.39, 0.29) is 27.8 Å². The summed E-state index contributed by atoms with van der Waals surface area (Å²) in [7, 11) is -0.257. The molecule has 128 valence electrons. The van der Waals surface area contributed by atoms with Crippen LogP contribution in [-0.4, -0.2) is 22.7 Å². The third-order valence-electron chi connectivity index (χ3n) is 3.57. The Morgan fingerprint density at radius 3 is 2.68 bits per heavy atom. The van der Waals surface area contributed by atoms with E-state index in [1.165, 1.54) is 11.6 Å². The quantitative estimate of drug-likeness (QED) is 0.770. The number of nitrogens with zero attached hydrogens (tertiary/aromatic N) is 1. The van der Waals surface area contributed by atoms with Crippen molar-refractivity contribution in [3.63, 3.8) is 0 Å². The van der Waals surface area contributed by atoms with E-state index < -0.39 is 5.97 Å². The number of carboxylic acids is 1. The highest BCUT2D eigenvalue weighted by molar-refractivity contribution is 9.10. The molecule has 2 aromatic rings. The molecule has 1 atom stereocenters. The van der Waals surface area contributed by atoms with Gasteiger partial charge < -0.3 is 10.4 Å². The van der Waals surface area contributed by atoms with E-state index in [2.05, 4.69) is 25.6 Å². The van der Waals surface area contributed by atoms with Gasteiger partial charge in [0, 0.05) is 16.0 Å². The van der Waals surface area contributed by atoms with Gasteiger partial charge in [-0.2, -0.15) is 0 Å². The van der Waals surface area contributed by atoms with Gasteiger partial charge in [0.15, 0.2) is 0 Å². The zero-order chi connectivity index (χ0) is 17.8. The van der Waals surface area contributed by atoms with Gasteiger partial charge >= 0.3 is 5.97 Å². The number of aromatic carboxylic acids is 1. The Balaban J connectivity index is 1.71. The molecule has 2 N–H and O–H groups in total. The fourth-order valence-electron chi connectivity index (χ4n) is 2.37. The van der Waals surface area contributed by atoms with Crippen molar-refractivity contribution in [2.24, 2.45) is 4.36 Å². The highest BCUT2D eigenvalue weighted by atomic mass is 79.9. The molecule has 3 rings (SSSR count). The summed E-state index contributed by atoms with van der Waals surface area (Å²) in [5.41, 5.74) is 1.83. The Morgan fingerprint density at radius 2 is 1.96 bits per heavy atom. The largest absolute Gasteiger partial charge is 0.478 e. The van der Waals surface area contributed by atoms with Gasteiger partial charge in [-0.15, -0.1) is 0 Å². The van der Waals surface area contributed by atoms with Crippen LogP contribution in [0.1, 0.15) is 15.9 Å². The smallest absolute Gasteiger partial charge is 0.337 e. The first kappa shape index (κ1) is 17.6. The second-order valence-electron chi connectivity index (χ2n) is 5.39. The van der Waals surface area contributed by atoms with Crippen LogP contribution in [0, 0.1) is 0 Å². The maximum atomic E-state index is 12.4. The van der Waals surface area contributed by atoms with Gasteiger partial charge in [-0.1, -0.05) is 57.0 Å². The Bertz CT molecular complexity index is 894. The van der Waals surface area contributed by atoms with Crippen molar-refractivity contribution in [2.75, 3.05) is 11.1 Å². The molecule has 0 aromatic heterocycles. The molecule has 0 bridgehead atoms. The second kappa shape index (κ2) is 7.76. The molecule has 5 nitrogen and oxygen atoms in total. The zero-order valence-corrected chi connectivity index (χ0v) is 15.5. The molecule has 0 saturated carbocycles. The Morgan fingerprint density at radius 1 is 1.20 bits per heavy atom. The second-order valence-corrected chi connectivity index (χ2v) is 8.03. The van der Waals surface area contributed by atoms with Crippen molar-refractivity contribution < 1.29 is 14.7 Å². The first-order valence-corrected chi connectivity index (χ1v) is 9.82. The normalized spacial score (nSPS) is 16.0. The lowest BCUT2D eigenvalue weighted by Gasteiger charge is -2.08. The Labute approximate surface area is 156 Å². The third kappa shape index (κ3) is 4.43. The number of benzene rings is 2. The number of halogens is 1. The molecule has 1 amide bonds. The Kier molecular flexibility index (Phi) is 5.45. The highest BCUT2D eigenvalue weighted by Crippen LogP contribution is 2.23. The average molecular weight is 419 g/mol. The lowest BCUT2D eigenvalue weighted by molar-refractivity contribution is -0.112. The molecular weight excluding hydrogens is 404 g/mol. The van der Waals surface area contributed by atoms with Gasteiger partial charge in [0.2, 0.25) is 0 Å². The van der Waals surface area contributed by atoms with Crippen LogP contribution in [-0.2, 0) is 21.2 Å². The number of hydrogen-bond acceptors (Lipinski definition) is 3. The summed E-state index contributed by atoms with van der Waals surface area (Å²) in [6, 6.07) is 14.7. The maximum Gasteiger partial charge on any atom is 0.337 e. The molecule has 0 spiro atoms. The molecule has 25 heavy (non-hydrogen) atoms. The Hall–Kier alpha value is -2.25. The molecule has 1 aliphatic rings. The minimum Gasteiger partial charge on any atom is -0.478 e. The number of carboxylic acid groups (broad SMARTS) is 1. The molecule has 0 saturated heterocycles. The summed E-state index contributed by atoms with van der Waals surface area (Å²) in [5.74, 6) is 0.0435. The lowest BCUT2D eigenvalue weighted by atomic mass is 10.2. The van der Waals surface area contributed by atoms with Crippen LogP contribution >= 0.6 is 15.9 Å². The third-order valence-corrected chi connectivity index (χ3v) is 5.73. The number of nitrogens with one attached hydrogen (secondary N) is 1. The van der Waals surface area contributed by atoms with Crippen molar-refractivity contribution in [1.29, 1.82) is 0 Å². The van der Waals surface area contributed by atoms with E-state index in [1.807, 2.05) is 30.3 Å².